The highest BCUT2D eigenvalue weighted by Gasteiger charge is 2.06. The van der Waals surface area contributed by atoms with Crippen molar-refractivity contribution in [2.24, 2.45) is 0 Å². The van der Waals surface area contributed by atoms with Crippen LogP contribution in [0.15, 0.2) is 42.6 Å². The van der Waals surface area contributed by atoms with Gasteiger partial charge in [-0.1, -0.05) is 12.1 Å². The van der Waals surface area contributed by atoms with Gasteiger partial charge in [-0.05, 0) is 24.3 Å². The van der Waals surface area contributed by atoms with Crippen molar-refractivity contribution in [2.45, 2.75) is 0 Å². The third-order valence-electron chi connectivity index (χ3n) is 2.49. The highest BCUT2D eigenvalue weighted by atomic mass is 16.5. The number of nitrogens with zero attached hydrogens (tertiary/aromatic N) is 1. The van der Waals surface area contributed by atoms with Gasteiger partial charge in [0.2, 0.25) is 0 Å². The van der Waals surface area contributed by atoms with Crippen LogP contribution >= 0.6 is 0 Å². The zero-order chi connectivity index (χ0) is 12.8. The van der Waals surface area contributed by atoms with Crippen LogP contribution in [0.2, 0.25) is 0 Å². The molecule has 2 N–H and O–H groups in total. The van der Waals surface area contributed by atoms with Crippen molar-refractivity contribution in [3.63, 3.8) is 0 Å². The van der Waals surface area contributed by atoms with E-state index >= 15 is 0 Å². The molecule has 0 radical (unpaired) electrons. The normalized spacial score (nSPS) is 10.3. The molecule has 0 aliphatic heterocycles. The summed E-state index contributed by atoms with van der Waals surface area (Å²) in [6.07, 6.45) is 1.64. The van der Waals surface area contributed by atoms with Gasteiger partial charge >= 0.3 is 0 Å². The van der Waals surface area contributed by atoms with Crippen molar-refractivity contribution in [2.75, 3.05) is 26.1 Å². The lowest BCUT2D eigenvalue weighted by Crippen LogP contribution is -2.05. The van der Waals surface area contributed by atoms with Gasteiger partial charge in [-0.2, -0.15) is 0 Å². The summed E-state index contributed by atoms with van der Waals surface area (Å²) >= 11 is 0. The summed E-state index contributed by atoms with van der Waals surface area (Å²) < 4.78 is 10.6. The molecule has 94 valence electrons. The Morgan fingerprint density at radius 2 is 1.94 bits per heavy atom. The monoisotopic (exact) mass is 244 g/mol. The lowest BCUT2D eigenvalue weighted by atomic mass is 10.1. The third-order valence-corrected chi connectivity index (χ3v) is 2.49. The Morgan fingerprint density at radius 3 is 2.67 bits per heavy atom. The van der Waals surface area contributed by atoms with Crippen molar-refractivity contribution in [3.05, 3.63) is 42.6 Å². The van der Waals surface area contributed by atoms with Crippen LogP contribution in [0.5, 0.6) is 5.75 Å². The molecule has 0 saturated carbocycles. The van der Waals surface area contributed by atoms with Crippen LogP contribution < -0.4 is 10.5 Å². The van der Waals surface area contributed by atoms with Crippen molar-refractivity contribution >= 4 is 5.69 Å². The Kier molecular flexibility index (Phi) is 4.15. The Hall–Kier alpha value is -2.07. The maximum Gasteiger partial charge on any atom is 0.128 e. The molecule has 0 aliphatic rings. The van der Waals surface area contributed by atoms with Gasteiger partial charge in [0.1, 0.15) is 12.4 Å². The quantitative estimate of drug-likeness (QED) is 0.820. The number of nitrogens with two attached hydrogens (primary N) is 1. The van der Waals surface area contributed by atoms with E-state index in [4.69, 9.17) is 15.2 Å². The highest BCUT2D eigenvalue weighted by Crippen LogP contribution is 2.28. The molecule has 0 saturated heterocycles. The second kappa shape index (κ2) is 6.02. The molecule has 0 fully saturated rings. The first kappa shape index (κ1) is 12.4. The number of methoxy groups -OCH3 is 1. The fraction of sp³-hybridized carbons (Fsp3) is 0.214. The van der Waals surface area contributed by atoms with Gasteiger partial charge in [0.15, 0.2) is 0 Å². The first-order chi connectivity index (χ1) is 8.81. The maximum absolute atomic E-state index is 5.67. The van der Waals surface area contributed by atoms with Crippen molar-refractivity contribution in [1.82, 2.24) is 4.98 Å². The molecule has 0 spiro atoms. The molecule has 1 aromatic carbocycles. The van der Waals surface area contributed by atoms with Crippen LogP contribution in [0.3, 0.4) is 0 Å². The number of hydrogen-bond acceptors (Lipinski definition) is 4. The average molecular weight is 244 g/mol. The molecule has 2 rings (SSSR count). The molecule has 4 heteroatoms. The SMILES string of the molecule is COCCOc1ccccc1-c1ccc(N)cn1. The molecule has 0 unspecified atom stereocenters. The van der Waals surface area contributed by atoms with Crippen molar-refractivity contribution in [1.29, 1.82) is 0 Å². The molecule has 0 bridgehead atoms. The Balaban J connectivity index is 2.23. The number of ether oxygens (including phenoxy) is 2. The number of rotatable bonds is 5. The molecule has 1 heterocycles. The zero-order valence-corrected chi connectivity index (χ0v) is 10.3. The molecule has 0 aliphatic carbocycles. The van der Waals surface area contributed by atoms with Crippen LogP contribution in [0.1, 0.15) is 0 Å². The van der Waals surface area contributed by atoms with Crippen molar-refractivity contribution < 1.29 is 9.47 Å². The number of benzene rings is 1. The van der Waals surface area contributed by atoms with Crippen molar-refractivity contribution in [3.8, 4) is 17.0 Å². The number of pyridine rings is 1. The lowest BCUT2D eigenvalue weighted by molar-refractivity contribution is 0.146. The maximum atomic E-state index is 5.67. The first-order valence-electron chi connectivity index (χ1n) is 5.74. The van der Waals surface area contributed by atoms with E-state index in [0.717, 1.165) is 17.0 Å². The number of anilines is 1. The van der Waals surface area contributed by atoms with Gasteiger partial charge in [-0.25, -0.2) is 0 Å². The predicted octanol–water partition coefficient (Wildman–Crippen LogP) is 2.36. The summed E-state index contributed by atoms with van der Waals surface area (Å²) in [4.78, 5) is 4.30. The molecular formula is C14H16N2O2. The summed E-state index contributed by atoms with van der Waals surface area (Å²) in [6, 6.07) is 11.5. The minimum atomic E-state index is 0.516. The molecule has 18 heavy (non-hydrogen) atoms. The van der Waals surface area contributed by atoms with Crippen LogP contribution in [0, 0.1) is 0 Å². The molecule has 0 amide bonds. The lowest BCUT2D eigenvalue weighted by Gasteiger charge is -2.10. The summed E-state index contributed by atoms with van der Waals surface area (Å²) in [7, 11) is 1.65. The molecule has 1 aromatic heterocycles. The molecular weight excluding hydrogens is 228 g/mol. The smallest absolute Gasteiger partial charge is 0.128 e. The van der Waals surface area contributed by atoms with Gasteiger partial charge in [0, 0.05) is 12.7 Å². The minimum absolute atomic E-state index is 0.516. The summed E-state index contributed by atoms with van der Waals surface area (Å²) in [5, 5.41) is 0. The number of aromatic nitrogens is 1. The van der Waals surface area contributed by atoms with E-state index in [2.05, 4.69) is 4.98 Å². The van der Waals surface area contributed by atoms with Gasteiger partial charge in [-0.15, -0.1) is 0 Å². The van der Waals surface area contributed by atoms with E-state index < -0.39 is 0 Å². The highest BCUT2D eigenvalue weighted by molar-refractivity contribution is 5.67. The van der Waals surface area contributed by atoms with Crippen LogP contribution in [-0.2, 0) is 4.74 Å². The fourth-order valence-corrected chi connectivity index (χ4v) is 1.60. The molecule has 0 atom stereocenters. The first-order valence-corrected chi connectivity index (χ1v) is 5.74. The topological polar surface area (TPSA) is 57.4 Å². The largest absolute Gasteiger partial charge is 0.490 e. The second-order valence-corrected chi connectivity index (χ2v) is 3.81. The standard InChI is InChI=1S/C14H16N2O2/c1-17-8-9-18-14-5-3-2-4-12(14)13-7-6-11(15)10-16-13/h2-7,10H,8-9,15H2,1H3. The Morgan fingerprint density at radius 1 is 1.11 bits per heavy atom. The minimum Gasteiger partial charge on any atom is -0.490 e. The number of hydrogen-bond donors (Lipinski definition) is 1. The number of nitrogen functional groups attached to an aromatic ring is 1. The fourth-order valence-electron chi connectivity index (χ4n) is 1.60. The Labute approximate surface area is 106 Å². The predicted molar refractivity (Wildman–Crippen MR) is 71.5 cm³/mol. The van der Waals surface area contributed by atoms with Crippen LogP contribution in [0.4, 0.5) is 5.69 Å². The van der Waals surface area contributed by atoms with Gasteiger partial charge < -0.3 is 15.2 Å². The number of para-hydroxylation sites is 1. The summed E-state index contributed by atoms with van der Waals surface area (Å²) in [6.45, 7) is 1.08. The van der Waals surface area contributed by atoms with Gasteiger partial charge in [0.25, 0.3) is 0 Å². The van der Waals surface area contributed by atoms with E-state index in [0.29, 0.717) is 18.9 Å². The van der Waals surface area contributed by atoms with E-state index in [1.807, 2.05) is 36.4 Å². The van der Waals surface area contributed by atoms with E-state index in [1.54, 1.807) is 13.3 Å². The second-order valence-electron chi connectivity index (χ2n) is 3.81. The average Bonchev–Trinajstić information content (AvgIpc) is 2.41. The van der Waals surface area contributed by atoms with Gasteiger partial charge in [-0.3, -0.25) is 4.98 Å². The molecule has 4 nitrogen and oxygen atoms in total. The van der Waals surface area contributed by atoms with E-state index in [9.17, 15) is 0 Å². The zero-order valence-electron chi connectivity index (χ0n) is 10.3. The summed E-state index contributed by atoms with van der Waals surface area (Å²) in [5.74, 6) is 0.798. The van der Waals surface area contributed by atoms with E-state index in [1.165, 1.54) is 0 Å². The third kappa shape index (κ3) is 2.99. The van der Waals surface area contributed by atoms with Crippen LogP contribution in [-0.4, -0.2) is 25.3 Å². The van der Waals surface area contributed by atoms with Crippen LogP contribution in [0.25, 0.3) is 11.3 Å². The van der Waals surface area contributed by atoms with E-state index in [-0.39, 0.29) is 0 Å². The summed E-state index contributed by atoms with van der Waals surface area (Å²) in [5.41, 5.74) is 8.08. The molecule has 2 aromatic rings. The Bertz CT molecular complexity index is 497. The van der Waals surface area contributed by atoms with Gasteiger partial charge in [0.05, 0.1) is 24.2 Å².